The lowest BCUT2D eigenvalue weighted by Crippen LogP contribution is -2.40. The second-order valence-corrected chi connectivity index (χ2v) is 4.37. The molecule has 0 unspecified atom stereocenters. The fraction of sp³-hybridized carbons (Fsp3) is 0.364. The van der Waals surface area contributed by atoms with Crippen LogP contribution in [0.25, 0.3) is 11.1 Å². The van der Waals surface area contributed by atoms with Gasteiger partial charge in [-0.3, -0.25) is 0 Å². The van der Waals surface area contributed by atoms with E-state index in [1.54, 1.807) is 26.0 Å². The Morgan fingerprint density at radius 3 is 2.82 bits per heavy atom. The van der Waals surface area contributed by atoms with Crippen LogP contribution in [0.1, 0.15) is 19.5 Å². The fourth-order valence-electron chi connectivity index (χ4n) is 1.39. The number of carbonyl (C=O) groups is 1. The molecule has 0 radical (unpaired) electrons. The van der Waals surface area contributed by atoms with E-state index in [0.29, 0.717) is 11.5 Å². The number of carboxylic acid groups (broad SMARTS) is 1. The molecule has 0 fully saturated rings. The SMILES string of the molecule is Cc1noc2nc(NC(C)(C)C(=O)O)ccc12. The molecule has 6 heteroatoms. The zero-order valence-electron chi connectivity index (χ0n) is 9.81. The smallest absolute Gasteiger partial charge is 0.328 e. The molecule has 0 aromatic carbocycles. The van der Waals surface area contributed by atoms with Crippen LogP contribution in [-0.2, 0) is 4.79 Å². The van der Waals surface area contributed by atoms with Crippen molar-refractivity contribution in [1.29, 1.82) is 0 Å². The van der Waals surface area contributed by atoms with E-state index >= 15 is 0 Å². The average Bonchev–Trinajstić information content (AvgIpc) is 2.59. The normalized spacial score (nSPS) is 11.7. The lowest BCUT2D eigenvalue weighted by molar-refractivity contribution is -0.141. The summed E-state index contributed by atoms with van der Waals surface area (Å²) in [6.45, 7) is 4.95. The summed E-state index contributed by atoms with van der Waals surface area (Å²) in [5.74, 6) is -0.505. The Labute approximate surface area is 97.6 Å². The fourth-order valence-corrected chi connectivity index (χ4v) is 1.39. The van der Waals surface area contributed by atoms with Crippen molar-refractivity contribution in [1.82, 2.24) is 10.1 Å². The van der Waals surface area contributed by atoms with Crippen molar-refractivity contribution in [3.63, 3.8) is 0 Å². The first-order chi connectivity index (χ1) is 7.90. The van der Waals surface area contributed by atoms with Gasteiger partial charge in [0.1, 0.15) is 11.4 Å². The predicted octanol–water partition coefficient (Wildman–Crippen LogP) is 1.81. The molecule has 0 amide bonds. The number of anilines is 1. The van der Waals surface area contributed by atoms with Gasteiger partial charge in [0, 0.05) is 0 Å². The van der Waals surface area contributed by atoms with Crippen LogP contribution >= 0.6 is 0 Å². The van der Waals surface area contributed by atoms with Crippen molar-refractivity contribution < 1.29 is 14.4 Å². The quantitative estimate of drug-likeness (QED) is 0.843. The van der Waals surface area contributed by atoms with Gasteiger partial charge in [-0.2, -0.15) is 4.98 Å². The molecular weight excluding hydrogens is 222 g/mol. The Bertz CT molecular complexity index is 574. The second kappa shape index (κ2) is 3.73. The molecule has 0 aliphatic carbocycles. The summed E-state index contributed by atoms with van der Waals surface area (Å²) in [6, 6.07) is 3.51. The van der Waals surface area contributed by atoms with Crippen molar-refractivity contribution in [2.45, 2.75) is 26.3 Å². The van der Waals surface area contributed by atoms with Gasteiger partial charge >= 0.3 is 5.97 Å². The lowest BCUT2D eigenvalue weighted by atomic mass is 10.1. The molecular formula is C11H13N3O3. The Hall–Kier alpha value is -2.11. The Kier molecular flexibility index (Phi) is 2.49. The van der Waals surface area contributed by atoms with Crippen LogP contribution in [0.15, 0.2) is 16.7 Å². The first-order valence-electron chi connectivity index (χ1n) is 5.15. The van der Waals surface area contributed by atoms with Crippen LogP contribution in [0, 0.1) is 6.92 Å². The molecule has 0 saturated carbocycles. The summed E-state index contributed by atoms with van der Waals surface area (Å²) in [5.41, 5.74) is 0.0701. The van der Waals surface area contributed by atoms with Crippen LogP contribution in [-0.4, -0.2) is 26.8 Å². The first-order valence-corrected chi connectivity index (χ1v) is 5.15. The monoisotopic (exact) mass is 235 g/mol. The van der Waals surface area contributed by atoms with E-state index in [2.05, 4.69) is 15.5 Å². The topological polar surface area (TPSA) is 88.3 Å². The van der Waals surface area contributed by atoms with E-state index in [1.165, 1.54) is 0 Å². The molecule has 0 aliphatic heterocycles. The first kappa shape index (κ1) is 11.4. The van der Waals surface area contributed by atoms with Gasteiger partial charge in [-0.05, 0) is 32.9 Å². The summed E-state index contributed by atoms with van der Waals surface area (Å²) in [4.78, 5) is 15.1. The molecule has 2 N–H and O–H groups in total. The lowest BCUT2D eigenvalue weighted by Gasteiger charge is -2.21. The molecule has 6 nitrogen and oxygen atoms in total. The maximum absolute atomic E-state index is 11.0. The highest BCUT2D eigenvalue weighted by atomic mass is 16.5. The van der Waals surface area contributed by atoms with Gasteiger partial charge in [0.05, 0.1) is 11.1 Å². The molecule has 2 heterocycles. The molecule has 0 atom stereocenters. The van der Waals surface area contributed by atoms with Gasteiger partial charge in [0.15, 0.2) is 0 Å². The third-order valence-electron chi connectivity index (χ3n) is 2.49. The van der Waals surface area contributed by atoms with Crippen LogP contribution in [0.4, 0.5) is 5.82 Å². The van der Waals surface area contributed by atoms with Crippen molar-refractivity contribution in [2.24, 2.45) is 0 Å². The number of hydrogen-bond acceptors (Lipinski definition) is 5. The largest absolute Gasteiger partial charge is 0.480 e. The molecule has 2 rings (SSSR count). The van der Waals surface area contributed by atoms with Crippen LogP contribution in [0.5, 0.6) is 0 Å². The predicted molar refractivity (Wildman–Crippen MR) is 61.9 cm³/mol. The molecule has 0 saturated heterocycles. The maximum Gasteiger partial charge on any atom is 0.328 e. The zero-order valence-corrected chi connectivity index (χ0v) is 9.81. The van der Waals surface area contributed by atoms with Crippen molar-refractivity contribution in [3.8, 4) is 0 Å². The van der Waals surface area contributed by atoms with E-state index < -0.39 is 11.5 Å². The Balaban J connectivity index is 2.34. The van der Waals surface area contributed by atoms with Crippen LogP contribution in [0.3, 0.4) is 0 Å². The third-order valence-corrected chi connectivity index (χ3v) is 2.49. The second-order valence-electron chi connectivity index (χ2n) is 4.37. The minimum atomic E-state index is -1.09. The molecule has 17 heavy (non-hydrogen) atoms. The maximum atomic E-state index is 11.0. The summed E-state index contributed by atoms with van der Waals surface area (Å²) in [5, 5.41) is 16.4. The molecule has 0 spiro atoms. The zero-order chi connectivity index (χ0) is 12.6. The van der Waals surface area contributed by atoms with Crippen LogP contribution < -0.4 is 5.32 Å². The Morgan fingerprint density at radius 2 is 2.18 bits per heavy atom. The standard InChI is InChI=1S/C11H13N3O3/c1-6-7-4-5-8(12-9(7)17-14-6)13-11(2,3)10(15)16/h4-5H,1-3H3,(H,12,13)(H,15,16). The minimum absolute atomic E-state index is 0.397. The molecule has 2 aromatic rings. The highest BCUT2D eigenvalue weighted by Gasteiger charge is 2.27. The summed E-state index contributed by atoms with van der Waals surface area (Å²) >= 11 is 0. The van der Waals surface area contributed by atoms with E-state index in [0.717, 1.165) is 11.1 Å². The number of rotatable bonds is 3. The molecule has 0 aliphatic rings. The van der Waals surface area contributed by atoms with Gasteiger partial charge in [-0.1, -0.05) is 5.16 Å². The number of pyridine rings is 1. The molecule has 90 valence electrons. The summed E-state index contributed by atoms with van der Waals surface area (Å²) < 4.78 is 5.02. The van der Waals surface area contributed by atoms with Gasteiger partial charge in [0.25, 0.3) is 5.71 Å². The number of carboxylic acids is 1. The number of nitrogens with one attached hydrogen (secondary N) is 1. The molecule has 2 aromatic heterocycles. The van der Waals surface area contributed by atoms with Gasteiger partial charge in [-0.25, -0.2) is 4.79 Å². The van der Waals surface area contributed by atoms with Gasteiger partial charge in [-0.15, -0.1) is 0 Å². The molecule has 0 bridgehead atoms. The van der Waals surface area contributed by atoms with E-state index in [4.69, 9.17) is 9.63 Å². The summed E-state index contributed by atoms with van der Waals surface area (Å²) in [7, 11) is 0. The Morgan fingerprint density at radius 1 is 1.47 bits per heavy atom. The number of aryl methyl sites for hydroxylation is 1. The highest BCUT2D eigenvalue weighted by molar-refractivity contribution is 5.82. The van der Waals surface area contributed by atoms with Crippen molar-refractivity contribution in [3.05, 3.63) is 17.8 Å². The number of aliphatic carboxylic acids is 1. The highest BCUT2D eigenvalue weighted by Crippen LogP contribution is 2.20. The third kappa shape index (κ3) is 2.06. The number of aromatic nitrogens is 2. The number of hydrogen-bond donors (Lipinski definition) is 2. The van der Waals surface area contributed by atoms with E-state index in [1.807, 2.05) is 6.92 Å². The minimum Gasteiger partial charge on any atom is -0.480 e. The number of fused-ring (bicyclic) bond motifs is 1. The van der Waals surface area contributed by atoms with Crippen LogP contribution in [0.2, 0.25) is 0 Å². The van der Waals surface area contributed by atoms with Crippen molar-refractivity contribution in [2.75, 3.05) is 5.32 Å². The number of nitrogens with zero attached hydrogens (tertiary/aromatic N) is 2. The average molecular weight is 235 g/mol. The van der Waals surface area contributed by atoms with E-state index in [-0.39, 0.29) is 0 Å². The van der Waals surface area contributed by atoms with E-state index in [9.17, 15) is 4.79 Å². The van der Waals surface area contributed by atoms with Gasteiger partial charge in [0.2, 0.25) is 0 Å². The summed E-state index contributed by atoms with van der Waals surface area (Å²) in [6.07, 6.45) is 0. The van der Waals surface area contributed by atoms with Gasteiger partial charge < -0.3 is 14.9 Å². The van der Waals surface area contributed by atoms with Crippen molar-refractivity contribution >= 4 is 22.9 Å².